The van der Waals surface area contributed by atoms with Crippen LogP contribution in [0.3, 0.4) is 0 Å². The number of carboxylic acids is 4. The Morgan fingerprint density at radius 1 is 0.455 bits per heavy atom. The maximum absolute atomic E-state index is 9.66. The van der Waals surface area contributed by atoms with Crippen LogP contribution in [-0.2, 0) is 19.2 Å². The van der Waals surface area contributed by atoms with Crippen molar-refractivity contribution in [2.75, 3.05) is 0 Å². The van der Waals surface area contributed by atoms with Gasteiger partial charge in [-0.3, -0.25) is 0 Å². The first-order chi connectivity index (χ1) is 8.25. The molecule has 0 aliphatic rings. The van der Waals surface area contributed by atoms with E-state index in [-0.39, 0.29) is 63.1 Å². The van der Waals surface area contributed by atoms with Crippen molar-refractivity contribution in [2.24, 2.45) is 0 Å². The lowest BCUT2D eigenvalue weighted by molar-refractivity contribution is -0.310. The number of rotatable bonds is 8. The summed E-state index contributed by atoms with van der Waals surface area (Å²) in [4.78, 5) is 38.6. The van der Waals surface area contributed by atoms with Crippen molar-refractivity contribution >= 4 is 23.9 Å². The van der Waals surface area contributed by atoms with Gasteiger partial charge in [0.25, 0.3) is 0 Å². The lowest BCUT2D eigenvalue weighted by Gasteiger charge is -2.01. The van der Waals surface area contributed by atoms with E-state index in [4.69, 9.17) is 0 Å². The zero-order valence-corrected chi connectivity index (χ0v) is 13.5. The van der Waals surface area contributed by atoms with Gasteiger partial charge in [0.2, 0.25) is 0 Å². The van der Waals surface area contributed by atoms with E-state index in [0.29, 0.717) is 0 Å². The highest BCUT2D eigenvalue weighted by Gasteiger charge is 1.88. The smallest absolute Gasteiger partial charge is 0.0414 e. The highest BCUT2D eigenvalue weighted by atomic mass is 16.4. The van der Waals surface area contributed by atoms with Crippen LogP contribution in [0.1, 0.15) is 38.5 Å². The van der Waals surface area contributed by atoms with Gasteiger partial charge < -0.3 is 64.2 Å². The van der Waals surface area contributed by atoms with Crippen LogP contribution in [0.25, 0.3) is 0 Å². The summed E-state index contributed by atoms with van der Waals surface area (Å²) >= 11 is 0. The first-order valence-electron chi connectivity index (χ1n) is 5.05. The Kier molecular flexibility index (Phi) is 39.7. The molecule has 0 saturated carbocycles. The topological polar surface area (TPSA) is 307 Å². The Morgan fingerprint density at radius 3 is 0.682 bits per heavy atom. The Bertz CT molecular complexity index is 253. The number of carbonyl (C=O) groups is 4. The first kappa shape index (κ1) is 36.7. The summed E-state index contributed by atoms with van der Waals surface area (Å²) in [7, 11) is 0. The van der Waals surface area contributed by atoms with E-state index >= 15 is 0 Å². The Balaban J connectivity index is -0.0000000492. The molecule has 0 fully saturated rings. The van der Waals surface area contributed by atoms with Crippen LogP contribution in [-0.4, -0.2) is 23.9 Å². The molecule has 12 nitrogen and oxygen atoms in total. The Hall–Kier alpha value is -2.28. The van der Waals surface area contributed by atoms with Crippen molar-refractivity contribution in [1.29, 1.82) is 0 Å². The zero-order chi connectivity index (χ0) is 14.6. The van der Waals surface area contributed by atoms with Crippen LogP contribution < -0.4 is 45.0 Å². The monoisotopic (exact) mass is 332 g/mol. The fraction of sp³-hybridized carbons (Fsp3) is 0.600. The number of quaternary nitrogens is 4. The second kappa shape index (κ2) is 23.8. The summed E-state index contributed by atoms with van der Waals surface area (Å²) in [5, 5.41) is 38.6. The maximum Gasteiger partial charge on any atom is 0.0414 e. The van der Waals surface area contributed by atoms with E-state index in [1.807, 2.05) is 0 Å². The fourth-order valence-electron chi connectivity index (χ4n) is 0.754. The summed E-state index contributed by atoms with van der Waals surface area (Å²) in [6.45, 7) is 0. The van der Waals surface area contributed by atoms with E-state index in [9.17, 15) is 39.6 Å². The number of aliphatic carboxylic acids is 4. The molecule has 0 bridgehead atoms. The molecule has 0 aromatic rings. The molecule has 0 heterocycles. The molecule has 0 unspecified atom stereocenters. The molecular weight excluding hydrogens is 304 g/mol. The van der Waals surface area contributed by atoms with Gasteiger partial charge in [0.1, 0.15) is 0 Å². The Morgan fingerprint density at radius 2 is 0.591 bits per heavy atom. The predicted octanol–water partition coefficient (Wildman–Crippen LogP) is -3.18. The summed E-state index contributed by atoms with van der Waals surface area (Å²) in [6, 6.07) is 0. The third-order valence-corrected chi connectivity index (χ3v) is 1.52. The third kappa shape index (κ3) is 52.4. The lowest BCUT2D eigenvalue weighted by Crippen LogP contribution is -2.25. The van der Waals surface area contributed by atoms with Gasteiger partial charge >= 0.3 is 0 Å². The van der Waals surface area contributed by atoms with Crippen LogP contribution in [0.4, 0.5) is 0 Å². The summed E-state index contributed by atoms with van der Waals surface area (Å²) in [5.74, 6) is -4.90. The van der Waals surface area contributed by atoms with E-state index in [2.05, 4.69) is 0 Å². The van der Waals surface area contributed by atoms with E-state index < -0.39 is 23.9 Å². The van der Waals surface area contributed by atoms with Crippen LogP contribution >= 0.6 is 0 Å². The maximum atomic E-state index is 9.66. The molecule has 136 valence electrons. The molecule has 0 saturated heterocycles. The van der Waals surface area contributed by atoms with Gasteiger partial charge in [-0.1, -0.05) is 0 Å². The van der Waals surface area contributed by atoms with Crippen LogP contribution in [0.5, 0.6) is 0 Å². The normalized spacial score (nSPS) is 7.27. The van der Waals surface area contributed by atoms with E-state index in [1.165, 1.54) is 0 Å². The van der Waals surface area contributed by atoms with Gasteiger partial charge in [0.15, 0.2) is 0 Å². The minimum atomic E-state index is -1.23. The minimum Gasteiger partial charge on any atom is -0.550 e. The van der Waals surface area contributed by atoms with Crippen molar-refractivity contribution in [1.82, 2.24) is 24.6 Å². The first-order valence-corrected chi connectivity index (χ1v) is 5.05. The van der Waals surface area contributed by atoms with Gasteiger partial charge in [-0.2, -0.15) is 0 Å². The van der Waals surface area contributed by atoms with Crippen LogP contribution in [0, 0.1) is 0 Å². The molecule has 0 aromatic heterocycles. The quantitative estimate of drug-likeness (QED) is 0.349. The third-order valence-electron chi connectivity index (χ3n) is 1.52. The largest absolute Gasteiger partial charge is 0.550 e. The van der Waals surface area contributed by atoms with Crippen molar-refractivity contribution in [3.8, 4) is 0 Å². The number of hydrogen-bond donors (Lipinski definition) is 4. The van der Waals surface area contributed by atoms with Crippen molar-refractivity contribution in [2.45, 2.75) is 38.5 Å². The number of carboxylic acid groups (broad SMARTS) is 4. The molecule has 0 aliphatic heterocycles. The molecule has 0 radical (unpaired) electrons. The van der Waals surface area contributed by atoms with Gasteiger partial charge in [0, 0.05) is 23.9 Å². The van der Waals surface area contributed by atoms with Crippen LogP contribution in [0.2, 0.25) is 0 Å². The molecule has 0 atom stereocenters. The van der Waals surface area contributed by atoms with E-state index in [1.54, 1.807) is 0 Å². The van der Waals surface area contributed by atoms with Crippen molar-refractivity contribution in [3.63, 3.8) is 0 Å². The zero-order valence-electron chi connectivity index (χ0n) is 13.5. The molecule has 0 rings (SSSR count). The van der Waals surface area contributed by atoms with Gasteiger partial charge in [-0.05, 0) is 38.5 Å². The fourth-order valence-corrected chi connectivity index (χ4v) is 0.754. The minimum absolute atomic E-state index is 0. The average Bonchev–Trinajstić information content (AvgIpc) is 2.15. The molecule has 22 heavy (non-hydrogen) atoms. The van der Waals surface area contributed by atoms with Gasteiger partial charge in [0.05, 0.1) is 0 Å². The Labute approximate surface area is 127 Å². The van der Waals surface area contributed by atoms with Crippen molar-refractivity contribution in [3.05, 3.63) is 0 Å². The second-order valence-corrected chi connectivity index (χ2v) is 3.20. The molecule has 0 aliphatic carbocycles. The second-order valence-electron chi connectivity index (χ2n) is 3.20. The highest BCUT2D eigenvalue weighted by Crippen LogP contribution is 1.91. The molecule has 12 heteroatoms. The predicted molar refractivity (Wildman–Crippen MR) is 71.7 cm³/mol. The lowest BCUT2D eigenvalue weighted by atomic mass is 10.2. The summed E-state index contributed by atoms with van der Waals surface area (Å²) in [6.07, 6.45) is -0.681. The molecule has 16 N–H and O–H groups in total. The summed E-state index contributed by atoms with van der Waals surface area (Å²) in [5.41, 5.74) is 0. The molecular formula is C10H28N4O8. The summed E-state index contributed by atoms with van der Waals surface area (Å²) < 4.78 is 0. The molecule has 0 spiro atoms. The highest BCUT2D eigenvalue weighted by molar-refractivity contribution is 5.68. The van der Waals surface area contributed by atoms with Gasteiger partial charge in [-0.15, -0.1) is 0 Å². The molecule has 0 amide bonds. The SMILES string of the molecule is O=C([O-])CCCC(=O)[O-].O=C([O-])CCCC(=O)[O-].[NH4+].[NH4+].[NH4+].[NH4+]. The standard InChI is InChI=1S/2C5H8O4.4H3N/c2*6-4(7)2-1-3-5(8)9;;;;/h2*1-3H2,(H,6,7)(H,8,9);4*1H3. The average molecular weight is 332 g/mol. The molecule has 0 aromatic carbocycles. The van der Waals surface area contributed by atoms with Gasteiger partial charge in [-0.25, -0.2) is 0 Å². The van der Waals surface area contributed by atoms with E-state index in [0.717, 1.165) is 0 Å². The number of hydrogen-bond acceptors (Lipinski definition) is 8. The van der Waals surface area contributed by atoms with Crippen molar-refractivity contribution < 1.29 is 39.6 Å². The number of carbonyl (C=O) groups excluding carboxylic acids is 4. The van der Waals surface area contributed by atoms with Crippen LogP contribution in [0.15, 0.2) is 0 Å².